The number of carbonyl (C=O) groups is 2. The number of fused-ring (bicyclic) bond motifs is 2. The highest BCUT2D eigenvalue weighted by Crippen LogP contribution is 2.43. The molecule has 2 aromatic rings. The van der Waals surface area contributed by atoms with Crippen LogP contribution in [0.2, 0.25) is 0 Å². The molecule has 1 N–H and O–H groups in total. The Morgan fingerprint density at radius 3 is 2.50 bits per heavy atom. The maximum absolute atomic E-state index is 13.3. The average molecular weight is 388 g/mol. The van der Waals surface area contributed by atoms with Crippen LogP contribution in [0.1, 0.15) is 38.3 Å². The Morgan fingerprint density at radius 1 is 1.21 bits per heavy atom. The van der Waals surface area contributed by atoms with E-state index in [1.54, 1.807) is 29.2 Å². The highest BCUT2D eigenvalue weighted by molar-refractivity contribution is 6.28. The lowest BCUT2D eigenvalue weighted by atomic mass is 9.86. The summed E-state index contributed by atoms with van der Waals surface area (Å²) in [6, 6.07) is 8.40. The van der Waals surface area contributed by atoms with Gasteiger partial charge in [0.15, 0.2) is 5.60 Å². The predicted octanol–water partition coefficient (Wildman–Crippen LogP) is 3.69. The fourth-order valence-corrected chi connectivity index (χ4v) is 3.68. The van der Waals surface area contributed by atoms with E-state index >= 15 is 0 Å². The van der Waals surface area contributed by atoms with Crippen molar-refractivity contribution in [3.8, 4) is 0 Å². The minimum absolute atomic E-state index is 0.000769. The fraction of sp³-hybridized carbons (Fsp3) is 0.250. The van der Waals surface area contributed by atoms with E-state index in [4.69, 9.17) is 0 Å². The number of aryl methyl sites for hydroxylation is 1. The van der Waals surface area contributed by atoms with Crippen molar-refractivity contribution in [1.82, 2.24) is 0 Å². The van der Waals surface area contributed by atoms with Crippen LogP contribution in [0.4, 0.5) is 24.5 Å². The molecule has 4 rings (SSSR count). The number of carbonyl (C=O) groups excluding carboxylic acids is 2. The number of benzene rings is 2. The minimum Gasteiger partial charge on any atom is -0.374 e. The summed E-state index contributed by atoms with van der Waals surface area (Å²) < 4.78 is 39.8. The van der Waals surface area contributed by atoms with Crippen LogP contribution in [0.15, 0.2) is 41.4 Å². The molecule has 0 saturated carbocycles. The van der Waals surface area contributed by atoms with Gasteiger partial charge in [-0.2, -0.15) is 13.2 Å². The quantitative estimate of drug-likeness (QED) is 0.797. The van der Waals surface area contributed by atoms with Crippen molar-refractivity contribution >= 4 is 29.3 Å². The maximum Gasteiger partial charge on any atom is 0.416 e. The molecule has 0 unspecified atom stereocenters. The second-order valence-corrected chi connectivity index (χ2v) is 6.92. The van der Waals surface area contributed by atoms with Crippen molar-refractivity contribution < 1.29 is 27.9 Å². The van der Waals surface area contributed by atoms with Crippen LogP contribution in [-0.4, -0.2) is 35.2 Å². The monoisotopic (exact) mass is 388 g/mol. The van der Waals surface area contributed by atoms with Gasteiger partial charge in [0.05, 0.1) is 11.3 Å². The van der Waals surface area contributed by atoms with E-state index in [0.29, 0.717) is 17.5 Å². The highest BCUT2D eigenvalue weighted by Gasteiger charge is 2.52. The third-order valence-corrected chi connectivity index (χ3v) is 5.16. The Balaban J connectivity index is 1.85. The van der Waals surface area contributed by atoms with E-state index < -0.39 is 23.1 Å². The molecule has 1 atom stereocenters. The summed E-state index contributed by atoms with van der Waals surface area (Å²) in [5, 5.41) is 11.0. The van der Waals surface area contributed by atoms with Crippen molar-refractivity contribution in [3.63, 3.8) is 0 Å². The van der Waals surface area contributed by atoms with E-state index in [1.165, 1.54) is 6.92 Å². The number of ketones is 1. The fourth-order valence-electron chi connectivity index (χ4n) is 3.68. The van der Waals surface area contributed by atoms with Crippen LogP contribution in [-0.2, 0) is 6.18 Å². The summed E-state index contributed by atoms with van der Waals surface area (Å²) in [5.74, 6) is -0.655. The van der Waals surface area contributed by atoms with E-state index in [9.17, 15) is 27.9 Å². The Hall–Kier alpha value is -3.00. The molecule has 8 heteroatoms. The van der Waals surface area contributed by atoms with Crippen LogP contribution in [0.3, 0.4) is 0 Å². The van der Waals surface area contributed by atoms with Crippen LogP contribution >= 0.6 is 0 Å². The van der Waals surface area contributed by atoms with Gasteiger partial charge in [0.25, 0.3) is 0 Å². The Kier molecular flexibility index (Phi) is 3.94. The smallest absolute Gasteiger partial charge is 0.374 e. The summed E-state index contributed by atoms with van der Waals surface area (Å²) in [4.78, 5) is 29.6. The molecule has 0 aromatic heterocycles. The Bertz CT molecular complexity index is 1030. The number of alkyl halides is 3. The van der Waals surface area contributed by atoms with Gasteiger partial charge in [-0.25, -0.2) is 4.99 Å². The molecule has 0 spiro atoms. The average Bonchev–Trinajstić information content (AvgIpc) is 2.99. The number of anilines is 1. The first kappa shape index (κ1) is 18.4. The maximum atomic E-state index is 13.3. The van der Waals surface area contributed by atoms with Crippen molar-refractivity contribution in [3.05, 3.63) is 58.7 Å². The van der Waals surface area contributed by atoms with Gasteiger partial charge in [-0.3, -0.25) is 9.59 Å². The summed E-state index contributed by atoms with van der Waals surface area (Å²) in [6.45, 7) is 1.54. The lowest BCUT2D eigenvalue weighted by Crippen LogP contribution is -2.48. The molecule has 1 saturated heterocycles. The molecule has 0 radical (unpaired) electrons. The Labute approximate surface area is 158 Å². The van der Waals surface area contributed by atoms with Gasteiger partial charge in [-0.05, 0) is 48.9 Å². The van der Waals surface area contributed by atoms with E-state index in [-0.39, 0.29) is 35.6 Å². The lowest BCUT2D eigenvalue weighted by molar-refractivity contribution is -0.138. The first-order valence-electron chi connectivity index (χ1n) is 8.56. The summed E-state index contributed by atoms with van der Waals surface area (Å²) in [7, 11) is 0. The third kappa shape index (κ3) is 2.63. The van der Waals surface area contributed by atoms with Crippen molar-refractivity contribution in [2.75, 3.05) is 11.4 Å². The van der Waals surface area contributed by atoms with Crippen LogP contribution in [0.25, 0.3) is 0 Å². The SMILES string of the molecule is Cc1cc2c(cc1C(F)(F)F)N=C1N(c3ccc(C=O)cc3)CC[C@@]1(O)C2=O. The summed E-state index contributed by atoms with van der Waals surface area (Å²) in [6.07, 6.45) is -3.82. The molecule has 2 aromatic carbocycles. The zero-order chi connectivity index (χ0) is 20.3. The topological polar surface area (TPSA) is 70.0 Å². The van der Waals surface area contributed by atoms with E-state index in [1.807, 2.05) is 0 Å². The van der Waals surface area contributed by atoms with Crippen molar-refractivity contribution in [2.45, 2.75) is 25.1 Å². The normalized spacial score (nSPS) is 21.2. The van der Waals surface area contributed by atoms with Crippen LogP contribution < -0.4 is 4.90 Å². The number of halogens is 3. The molecule has 0 aliphatic carbocycles. The molecular formula is C20H15F3N2O3. The van der Waals surface area contributed by atoms with E-state index in [2.05, 4.69) is 4.99 Å². The van der Waals surface area contributed by atoms with Crippen LogP contribution in [0, 0.1) is 6.92 Å². The zero-order valence-electron chi connectivity index (χ0n) is 14.7. The number of Topliss-reactive ketones (excluding diaryl/α,β-unsaturated/α-hetero) is 1. The molecule has 2 aliphatic heterocycles. The standard InChI is InChI=1S/C20H15F3N2O3/c1-11-8-14-16(9-15(11)20(21,22)23)24-18-19(28,17(14)27)6-7-25(18)13-4-2-12(10-26)3-5-13/h2-5,8-10,28H,6-7H2,1H3/t19-/m1/s1. The number of aliphatic imine (C=N–C) groups is 1. The van der Waals surface area contributed by atoms with Gasteiger partial charge in [0.2, 0.25) is 5.78 Å². The predicted molar refractivity (Wildman–Crippen MR) is 96.3 cm³/mol. The molecule has 1 fully saturated rings. The van der Waals surface area contributed by atoms with Crippen molar-refractivity contribution in [1.29, 1.82) is 0 Å². The first-order valence-corrected chi connectivity index (χ1v) is 8.56. The highest BCUT2D eigenvalue weighted by atomic mass is 19.4. The second-order valence-electron chi connectivity index (χ2n) is 6.92. The molecule has 5 nitrogen and oxygen atoms in total. The van der Waals surface area contributed by atoms with Crippen LogP contribution in [0.5, 0.6) is 0 Å². The number of hydrogen-bond acceptors (Lipinski definition) is 5. The number of aldehydes is 1. The van der Waals surface area contributed by atoms with Gasteiger partial charge in [0, 0.05) is 29.8 Å². The largest absolute Gasteiger partial charge is 0.416 e. The first-order chi connectivity index (χ1) is 13.1. The van der Waals surface area contributed by atoms with Gasteiger partial charge >= 0.3 is 6.18 Å². The number of aliphatic hydroxyl groups is 1. The molecule has 0 amide bonds. The minimum atomic E-state index is -4.57. The molecule has 144 valence electrons. The summed E-state index contributed by atoms with van der Waals surface area (Å²) >= 11 is 0. The second kappa shape index (κ2) is 6.00. The molecular weight excluding hydrogens is 373 g/mol. The number of amidine groups is 1. The van der Waals surface area contributed by atoms with Gasteiger partial charge in [-0.15, -0.1) is 0 Å². The van der Waals surface area contributed by atoms with Gasteiger partial charge in [-0.1, -0.05) is 0 Å². The lowest BCUT2D eigenvalue weighted by Gasteiger charge is -2.30. The van der Waals surface area contributed by atoms with E-state index in [0.717, 1.165) is 12.1 Å². The molecule has 0 bridgehead atoms. The van der Waals surface area contributed by atoms with Gasteiger partial charge in [0.1, 0.15) is 12.1 Å². The Morgan fingerprint density at radius 2 is 1.89 bits per heavy atom. The zero-order valence-corrected chi connectivity index (χ0v) is 14.7. The number of nitrogens with zero attached hydrogens (tertiary/aromatic N) is 2. The molecule has 28 heavy (non-hydrogen) atoms. The molecule has 2 heterocycles. The molecule has 2 aliphatic rings. The van der Waals surface area contributed by atoms with Crippen molar-refractivity contribution in [2.24, 2.45) is 4.99 Å². The summed E-state index contributed by atoms with van der Waals surface area (Å²) in [5.41, 5.74) is -1.94. The number of hydrogen-bond donors (Lipinski definition) is 1. The number of rotatable bonds is 2. The van der Waals surface area contributed by atoms with Gasteiger partial charge < -0.3 is 10.0 Å². The third-order valence-electron chi connectivity index (χ3n) is 5.16.